The summed E-state index contributed by atoms with van der Waals surface area (Å²) in [4.78, 5) is 25.0. The molecule has 0 spiro atoms. The Morgan fingerprint density at radius 1 is 1.10 bits per heavy atom. The Balaban J connectivity index is 0.00000205. The number of fused-ring (bicyclic) bond motifs is 1. The molecule has 0 aliphatic heterocycles. The first-order valence-corrected chi connectivity index (χ1v) is 14.7. The van der Waals surface area contributed by atoms with Gasteiger partial charge < -0.3 is 24.8 Å². The third-order valence-corrected chi connectivity index (χ3v) is 8.00. The van der Waals surface area contributed by atoms with Crippen LogP contribution in [0.1, 0.15) is 63.3 Å². The van der Waals surface area contributed by atoms with E-state index in [1.165, 1.54) is 12.8 Å². The molecule has 2 heterocycles. The second kappa shape index (κ2) is 14.7. The molecule has 7 nitrogen and oxygen atoms in total. The Labute approximate surface area is 238 Å². The first-order valence-electron chi connectivity index (χ1n) is 14.3. The van der Waals surface area contributed by atoms with Crippen LogP contribution in [-0.2, 0) is 11.3 Å². The Morgan fingerprint density at radius 2 is 1.79 bits per heavy atom. The Morgan fingerprint density at radius 3 is 2.44 bits per heavy atom. The summed E-state index contributed by atoms with van der Waals surface area (Å²) >= 11 is 6.68. The van der Waals surface area contributed by atoms with Gasteiger partial charge >= 0.3 is 0 Å². The van der Waals surface area contributed by atoms with Gasteiger partial charge in [-0.05, 0) is 83.3 Å². The summed E-state index contributed by atoms with van der Waals surface area (Å²) < 4.78 is 5.27. The summed E-state index contributed by atoms with van der Waals surface area (Å²) in [5.74, 6) is 0.736. The van der Waals surface area contributed by atoms with Gasteiger partial charge in [0.05, 0.1) is 6.61 Å². The van der Waals surface area contributed by atoms with Gasteiger partial charge in [0.15, 0.2) is 0 Å². The van der Waals surface area contributed by atoms with Crippen LogP contribution in [-0.4, -0.2) is 60.8 Å². The molecule has 4 rings (SSSR count). The molecule has 0 saturated heterocycles. The van der Waals surface area contributed by atoms with Gasteiger partial charge in [-0.1, -0.05) is 25.4 Å². The standard InChI is InChI=1S/C29H40ClN5O2.C2H6/c1-6-35(23-9-7-22(8-10-23)34(4)13-14-37-5)27-17-21(30)16-25-24(27)11-12-31-28(25)32-18-26-19(2)15-20(3)33-29(26)36;1-2/h11-12,15-17,22-23H,6-10,13-14,18H2,1-5H3,(H,31,32)(H,33,36);1-2H3. The van der Waals surface area contributed by atoms with Gasteiger partial charge in [-0.2, -0.15) is 0 Å². The lowest BCUT2D eigenvalue weighted by atomic mass is 9.88. The van der Waals surface area contributed by atoms with Crippen LogP contribution in [0, 0.1) is 13.8 Å². The minimum absolute atomic E-state index is 0.0652. The Bertz CT molecular complexity index is 1270. The Hall–Kier alpha value is -2.61. The molecule has 0 radical (unpaired) electrons. The van der Waals surface area contributed by atoms with Gasteiger partial charge in [0.1, 0.15) is 5.82 Å². The highest BCUT2D eigenvalue weighted by atomic mass is 35.5. The smallest absolute Gasteiger partial charge is 0.253 e. The van der Waals surface area contributed by atoms with Gasteiger partial charge in [-0.15, -0.1) is 0 Å². The van der Waals surface area contributed by atoms with Crippen molar-refractivity contribution in [3.8, 4) is 0 Å². The molecule has 3 aromatic rings. The number of H-pyrrole nitrogens is 1. The molecule has 2 aromatic heterocycles. The number of nitrogens with zero attached hydrogens (tertiary/aromatic N) is 3. The summed E-state index contributed by atoms with van der Waals surface area (Å²) in [6.07, 6.45) is 6.49. The fourth-order valence-electron chi connectivity index (χ4n) is 5.74. The van der Waals surface area contributed by atoms with Crippen molar-refractivity contribution in [1.82, 2.24) is 14.9 Å². The van der Waals surface area contributed by atoms with Crippen molar-refractivity contribution in [3.05, 3.63) is 62.7 Å². The second-order valence-electron chi connectivity index (χ2n) is 10.2. The zero-order chi connectivity index (χ0) is 28.5. The molecule has 2 N–H and O–H groups in total. The zero-order valence-corrected chi connectivity index (χ0v) is 25.5. The van der Waals surface area contributed by atoms with E-state index in [9.17, 15) is 4.79 Å². The first kappa shape index (κ1) is 30.9. The number of ether oxygens (including phenoxy) is 1. The van der Waals surface area contributed by atoms with Crippen molar-refractivity contribution in [3.63, 3.8) is 0 Å². The van der Waals surface area contributed by atoms with Crippen molar-refractivity contribution in [1.29, 1.82) is 0 Å². The third kappa shape index (κ3) is 7.53. The molecule has 214 valence electrons. The van der Waals surface area contributed by atoms with E-state index in [0.717, 1.165) is 66.1 Å². The fraction of sp³-hybridized carbons (Fsp3) is 0.548. The highest BCUT2D eigenvalue weighted by molar-refractivity contribution is 6.32. The molecule has 39 heavy (non-hydrogen) atoms. The number of methoxy groups -OCH3 is 1. The van der Waals surface area contributed by atoms with Crippen LogP contribution in [0.15, 0.2) is 35.3 Å². The molecule has 8 heteroatoms. The van der Waals surface area contributed by atoms with Crippen LogP contribution in [0.3, 0.4) is 0 Å². The van der Waals surface area contributed by atoms with Gasteiger partial charge in [0.2, 0.25) is 0 Å². The van der Waals surface area contributed by atoms with Crippen molar-refractivity contribution in [2.75, 3.05) is 44.1 Å². The van der Waals surface area contributed by atoms with E-state index in [0.29, 0.717) is 29.2 Å². The molecule has 0 amide bonds. The number of hydrogen-bond donors (Lipinski definition) is 2. The predicted octanol–water partition coefficient (Wildman–Crippen LogP) is 6.55. The normalized spacial score (nSPS) is 17.2. The number of aromatic amines is 1. The van der Waals surface area contributed by atoms with E-state index in [1.807, 2.05) is 46.0 Å². The quantitative estimate of drug-likeness (QED) is 0.295. The molecule has 0 bridgehead atoms. The van der Waals surface area contributed by atoms with E-state index in [2.05, 4.69) is 51.2 Å². The SMILES string of the molecule is CC.CCN(c1cc(Cl)cc2c(NCc3c(C)cc(C)[nH]c3=O)nccc12)C1CCC(N(C)CCOC)CC1. The topological polar surface area (TPSA) is 73.5 Å². The summed E-state index contributed by atoms with van der Waals surface area (Å²) in [5.41, 5.74) is 3.63. The molecule has 0 unspecified atom stereocenters. The molecule has 1 saturated carbocycles. The lowest BCUT2D eigenvalue weighted by molar-refractivity contribution is 0.119. The van der Waals surface area contributed by atoms with Crippen LogP contribution in [0.2, 0.25) is 5.02 Å². The molecule has 1 aliphatic rings. The minimum atomic E-state index is -0.0652. The van der Waals surface area contributed by atoms with Crippen molar-refractivity contribution >= 4 is 33.9 Å². The number of anilines is 2. The highest BCUT2D eigenvalue weighted by Gasteiger charge is 2.28. The molecule has 1 aliphatic carbocycles. The Kier molecular flexibility index (Phi) is 11.6. The number of likely N-dealkylation sites (N-methyl/N-ethyl adjacent to an activating group) is 1. The average Bonchev–Trinajstić information content (AvgIpc) is 2.93. The van der Waals surface area contributed by atoms with Gasteiger partial charge in [0, 0.05) is 77.8 Å². The van der Waals surface area contributed by atoms with E-state index in [4.69, 9.17) is 16.3 Å². The number of aromatic nitrogens is 2. The van der Waals surface area contributed by atoms with Crippen LogP contribution in [0.25, 0.3) is 10.8 Å². The molecule has 1 aromatic carbocycles. The van der Waals surface area contributed by atoms with E-state index >= 15 is 0 Å². The molecular formula is C31H46ClN5O2. The monoisotopic (exact) mass is 555 g/mol. The van der Waals surface area contributed by atoms with Crippen molar-refractivity contribution in [2.45, 2.75) is 78.9 Å². The number of aryl methyl sites for hydroxylation is 2. The maximum atomic E-state index is 12.5. The lowest BCUT2D eigenvalue weighted by Crippen LogP contribution is -2.44. The average molecular weight is 556 g/mol. The summed E-state index contributed by atoms with van der Waals surface area (Å²) in [5, 5.41) is 6.19. The molecule has 0 atom stereocenters. The maximum absolute atomic E-state index is 12.5. The fourth-order valence-corrected chi connectivity index (χ4v) is 5.95. The number of hydrogen-bond acceptors (Lipinski definition) is 6. The van der Waals surface area contributed by atoms with Gasteiger partial charge in [-0.3, -0.25) is 4.79 Å². The maximum Gasteiger partial charge on any atom is 0.253 e. The third-order valence-electron chi connectivity index (χ3n) is 7.78. The first-order chi connectivity index (χ1) is 18.8. The van der Waals surface area contributed by atoms with Gasteiger partial charge in [0.25, 0.3) is 5.56 Å². The number of benzene rings is 1. The van der Waals surface area contributed by atoms with Crippen molar-refractivity contribution < 1.29 is 4.74 Å². The largest absolute Gasteiger partial charge is 0.383 e. The van der Waals surface area contributed by atoms with E-state index in [-0.39, 0.29) is 5.56 Å². The number of pyridine rings is 2. The summed E-state index contributed by atoms with van der Waals surface area (Å²) in [6.45, 7) is 13.1. The highest BCUT2D eigenvalue weighted by Crippen LogP contribution is 2.37. The van der Waals surface area contributed by atoms with Crippen LogP contribution in [0.4, 0.5) is 11.5 Å². The second-order valence-corrected chi connectivity index (χ2v) is 10.6. The summed E-state index contributed by atoms with van der Waals surface area (Å²) in [6, 6.07) is 9.20. The van der Waals surface area contributed by atoms with Crippen LogP contribution >= 0.6 is 11.6 Å². The molecular weight excluding hydrogens is 510 g/mol. The van der Waals surface area contributed by atoms with Crippen LogP contribution < -0.4 is 15.8 Å². The summed E-state index contributed by atoms with van der Waals surface area (Å²) in [7, 11) is 3.97. The van der Waals surface area contributed by atoms with Crippen molar-refractivity contribution in [2.24, 2.45) is 0 Å². The zero-order valence-electron chi connectivity index (χ0n) is 24.7. The number of rotatable bonds is 10. The number of halogens is 1. The van der Waals surface area contributed by atoms with Crippen LogP contribution in [0.5, 0.6) is 0 Å². The van der Waals surface area contributed by atoms with Gasteiger partial charge in [-0.25, -0.2) is 4.98 Å². The predicted molar refractivity (Wildman–Crippen MR) is 166 cm³/mol. The van der Waals surface area contributed by atoms with E-state index < -0.39 is 0 Å². The van der Waals surface area contributed by atoms with E-state index in [1.54, 1.807) is 7.11 Å². The molecule has 1 fully saturated rings. The number of nitrogens with one attached hydrogen (secondary N) is 2. The minimum Gasteiger partial charge on any atom is -0.383 e. The lowest BCUT2D eigenvalue weighted by Gasteiger charge is -2.41.